The number of nitrogens with zero attached hydrogens (tertiary/aromatic N) is 4. The Hall–Kier alpha value is -2.77. The Morgan fingerprint density at radius 1 is 1.22 bits per heavy atom. The number of aliphatic hydroxyl groups excluding tert-OH is 2. The molecule has 0 radical (unpaired) electrons. The van der Waals surface area contributed by atoms with Crippen LogP contribution in [0.25, 0.3) is 22.6 Å². The highest BCUT2D eigenvalue weighted by atomic mass is 35.5. The number of hydrogen-bond acceptors (Lipinski definition) is 7. The van der Waals surface area contributed by atoms with Crippen molar-refractivity contribution in [1.82, 2.24) is 19.5 Å². The van der Waals surface area contributed by atoms with Gasteiger partial charge in [0.25, 0.3) is 0 Å². The third-order valence-electron chi connectivity index (χ3n) is 3.76. The number of aryl methyl sites for hydroxylation is 1. The fourth-order valence-electron chi connectivity index (χ4n) is 2.33. The largest absolute Gasteiger partial charge is 0.392 e. The zero-order valence-electron chi connectivity index (χ0n) is 14.2. The molecule has 8 nitrogen and oxygen atoms in total. The Labute approximate surface area is 159 Å². The van der Waals surface area contributed by atoms with Gasteiger partial charge in [-0.1, -0.05) is 18.1 Å². The second kappa shape index (κ2) is 7.85. The van der Waals surface area contributed by atoms with E-state index in [0.717, 1.165) is 0 Å². The number of aliphatic hydroxyl groups is 3. The van der Waals surface area contributed by atoms with Crippen LogP contribution in [0.2, 0.25) is 0 Å². The van der Waals surface area contributed by atoms with Gasteiger partial charge in [-0.05, 0) is 18.1 Å². The van der Waals surface area contributed by atoms with Crippen LogP contribution in [-0.2, 0) is 7.05 Å². The summed E-state index contributed by atoms with van der Waals surface area (Å²) in [5, 5.41) is 27.9. The summed E-state index contributed by atoms with van der Waals surface area (Å²) in [6.07, 6.45) is 0. The van der Waals surface area contributed by atoms with Crippen molar-refractivity contribution in [3.8, 4) is 23.2 Å². The van der Waals surface area contributed by atoms with Gasteiger partial charge in [0.2, 0.25) is 5.82 Å². The fourth-order valence-corrected chi connectivity index (χ4v) is 2.33. The molecule has 0 unspecified atom stereocenters. The number of nitrogen functional groups attached to an aromatic ring is 1. The fraction of sp³-hybridized carbons (Fsp3) is 0.235. The summed E-state index contributed by atoms with van der Waals surface area (Å²) in [6.45, 7) is -1.49. The maximum absolute atomic E-state index is 13.5. The van der Waals surface area contributed by atoms with E-state index in [1.807, 2.05) is 0 Å². The van der Waals surface area contributed by atoms with E-state index in [0.29, 0.717) is 22.6 Å². The van der Waals surface area contributed by atoms with E-state index in [4.69, 9.17) is 15.9 Å². The van der Waals surface area contributed by atoms with Gasteiger partial charge in [-0.2, -0.15) is 0 Å². The van der Waals surface area contributed by atoms with Crippen molar-refractivity contribution in [2.75, 3.05) is 18.9 Å². The molecule has 0 saturated heterocycles. The average Bonchev–Trinajstić information content (AvgIpc) is 2.97. The third kappa shape index (κ3) is 3.99. The topological polar surface area (TPSA) is 130 Å². The number of halogens is 2. The number of anilines is 1. The lowest BCUT2D eigenvalue weighted by atomic mass is 10.1. The lowest BCUT2D eigenvalue weighted by Gasteiger charge is -2.14. The van der Waals surface area contributed by atoms with Crippen molar-refractivity contribution in [2.45, 2.75) is 5.60 Å². The van der Waals surface area contributed by atoms with E-state index in [-0.39, 0.29) is 24.0 Å². The minimum absolute atomic E-state index is 0. The summed E-state index contributed by atoms with van der Waals surface area (Å²) in [6, 6.07) is 5.95. The van der Waals surface area contributed by atoms with E-state index >= 15 is 0 Å². The molecule has 0 amide bonds. The molecule has 0 bridgehead atoms. The Balaban J connectivity index is 0.00000261. The van der Waals surface area contributed by atoms with Crippen molar-refractivity contribution >= 4 is 29.4 Å². The second-order valence-corrected chi connectivity index (χ2v) is 5.71. The minimum Gasteiger partial charge on any atom is -0.392 e. The summed E-state index contributed by atoms with van der Waals surface area (Å²) in [5.41, 5.74) is 5.21. The van der Waals surface area contributed by atoms with Crippen LogP contribution in [0.3, 0.4) is 0 Å². The molecule has 0 saturated carbocycles. The highest BCUT2D eigenvalue weighted by Crippen LogP contribution is 2.25. The SMILES string of the molecule is Cl.Cn1c(-c2cccc(F)c2)nc2c(N)nc(C#CC(O)(CO)CO)nc21. The third-order valence-corrected chi connectivity index (χ3v) is 3.76. The lowest BCUT2D eigenvalue weighted by Crippen LogP contribution is -2.35. The quantitative estimate of drug-likeness (QED) is 0.469. The average molecular weight is 394 g/mol. The van der Waals surface area contributed by atoms with E-state index in [1.165, 1.54) is 12.1 Å². The van der Waals surface area contributed by atoms with Gasteiger partial charge in [0.05, 0.1) is 13.2 Å². The van der Waals surface area contributed by atoms with Gasteiger partial charge >= 0.3 is 0 Å². The van der Waals surface area contributed by atoms with Gasteiger partial charge in [-0.3, -0.25) is 0 Å². The molecule has 2 heterocycles. The normalized spacial score (nSPS) is 11.0. The van der Waals surface area contributed by atoms with Crippen LogP contribution >= 0.6 is 12.4 Å². The monoisotopic (exact) mass is 393 g/mol. The molecule has 27 heavy (non-hydrogen) atoms. The van der Waals surface area contributed by atoms with Crippen LogP contribution in [0, 0.1) is 17.7 Å². The predicted molar refractivity (Wildman–Crippen MR) is 99.4 cm³/mol. The van der Waals surface area contributed by atoms with Gasteiger partial charge in [0, 0.05) is 12.6 Å². The van der Waals surface area contributed by atoms with Gasteiger partial charge in [-0.25, -0.2) is 19.3 Å². The lowest BCUT2D eigenvalue weighted by molar-refractivity contribution is -0.00939. The standard InChI is InChI=1S/C17H16FN5O3.ClH/c1-23-15(10-3-2-4-11(18)7-10)22-13-14(19)20-12(21-16(13)23)5-6-17(26,8-24)9-25;/h2-4,7,24-26H,8-9H2,1H3,(H2,19,20,21);1H. The first-order valence-electron chi connectivity index (χ1n) is 7.60. The molecule has 3 rings (SSSR count). The maximum Gasteiger partial charge on any atom is 0.209 e. The van der Waals surface area contributed by atoms with Crippen molar-refractivity contribution in [2.24, 2.45) is 7.05 Å². The van der Waals surface area contributed by atoms with Crippen molar-refractivity contribution in [1.29, 1.82) is 0 Å². The highest BCUT2D eigenvalue weighted by molar-refractivity contribution is 5.86. The first-order valence-corrected chi connectivity index (χ1v) is 7.60. The molecule has 10 heteroatoms. The second-order valence-electron chi connectivity index (χ2n) is 5.71. The first-order chi connectivity index (χ1) is 12.4. The molecule has 2 aromatic heterocycles. The molecule has 0 aliphatic rings. The Morgan fingerprint density at radius 2 is 1.93 bits per heavy atom. The van der Waals surface area contributed by atoms with Crippen LogP contribution in [-0.4, -0.2) is 53.7 Å². The molecule has 0 spiro atoms. The number of aromatic nitrogens is 4. The van der Waals surface area contributed by atoms with Crippen molar-refractivity contribution < 1.29 is 19.7 Å². The minimum atomic E-state index is -1.97. The van der Waals surface area contributed by atoms with E-state index < -0.39 is 24.6 Å². The van der Waals surface area contributed by atoms with Crippen LogP contribution in [0.5, 0.6) is 0 Å². The van der Waals surface area contributed by atoms with Crippen LogP contribution in [0.4, 0.5) is 10.2 Å². The maximum atomic E-state index is 13.5. The Morgan fingerprint density at radius 3 is 2.56 bits per heavy atom. The van der Waals surface area contributed by atoms with Crippen LogP contribution in [0.15, 0.2) is 24.3 Å². The van der Waals surface area contributed by atoms with Crippen molar-refractivity contribution in [3.63, 3.8) is 0 Å². The van der Waals surface area contributed by atoms with Gasteiger partial charge in [0.15, 0.2) is 22.6 Å². The first kappa shape index (κ1) is 20.5. The number of nitrogens with two attached hydrogens (primary N) is 1. The van der Waals surface area contributed by atoms with Crippen LogP contribution in [0.1, 0.15) is 5.82 Å². The summed E-state index contributed by atoms with van der Waals surface area (Å²) < 4.78 is 15.1. The Kier molecular flexibility index (Phi) is 5.98. The van der Waals surface area contributed by atoms with E-state index in [9.17, 15) is 9.50 Å². The number of hydrogen-bond donors (Lipinski definition) is 4. The summed E-state index contributed by atoms with van der Waals surface area (Å²) in [7, 11) is 1.69. The predicted octanol–water partition coefficient (Wildman–Crippen LogP) is 0.241. The van der Waals surface area contributed by atoms with Crippen LogP contribution < -0.4 is 5.73 Å². The molecule has 1 aromatic carbocycles. The summed E-state index contributed by atoms with van der Waals surface area (Å²) in [5.74, 6) is 4.91. The molecule has 0 aliphatic heterocycles. The molecular weight excluding hydrogens is 377 g/mol. The number of benzene rings is 1. The molecule has 0 fully saturated rings. The van der Waals surface area contributed by atoms with E-state index in [2.05, 4.69) is 26.8 Å². The van der Waals surface area contributed by atoms with E-state index in [1.54, 1.807) is 23.7 Å². The van der Waals surface area contributed by atoms with Gasteiger partial charge in [0.1, 0.15) is 11.6 Å². The molecule has 142 valence electrons. The van der Waals surface area contributed by atoms with Gasteiger partial charge < -0.3 is 25.6 Å². The zero-order valence-corrected chi connectivity index (χ0v) is 15.0. The molecular formula is C17H17ClFN5O3. The molecule has 5 N–H and O–H groups in total. The molecule has 0 atom stereocenters. The number of fused-ring (bicyclic) bond motifs is 1. The highest BCUT2D eigenvalue weighted by Gasteiger charge is 2.22. The Bertz CT molecular complexity index is 1040. The molecule has 3 aromatic rings. The zero-order chi connectivity index (χ0) is 18.9. The number of imidazole rings is 1. The molecule has 0 aliphatic carbocycles. The summed E-state index contributed by atoms with van der Waals surface area (Å²) >= 11 is 0. The summed E-state index contributed by atoms with van der Waals surface area (Å²) in [4.78, 5) is 12.6. The van der Waals surface area contributed by atoms with Gasteiger partial charge in [-0.15, -0.1) is 12.4 Å². The smallest absolute Gasteiger partial charge is 0.209 e. The number of rotatable bonds is 3. The van der Waals surface area contributed by atoms with Crippen molar-refractivity contribution in [3.05, 3.63) is 35.9 Å².